The predicted octanol–water partition coefficient (Wildman–Crippen LogP) is 1.62. The maximum Gasteiger partial charge on any atom is 0.191 e. The van der Waals surface area contributed by atoms with Crippen molar-refractivity contribution in [3.63, 3.8) is 0 Å². The summed E-state index contributed by atoms with van der Waals surface area (Å²) in [5, 5.41) is 0. The van der Waals surface area contributed by atoms with Crippen molar-refractivity contribution in [2.75, 3.05) is 34.0 Å². The highest BCUT2D eigenvalue weighted by atomic mass is 16.5. The van der Waals surface area contributed by atoms with Gasteiger partial charge < -0.3 is 20.1 Å². The Morgan fingerprint density at radius 2 is 1.95 bits per heavy atom. The summed E-state index contributed by atoms with van der Waals surface area (Å²) in [6.07, 6.45) is 6.20. The largest absolute Gasteiger partial charge is 0.383 e. The standard InChI is InChI=1S/C14H29N3O2/c1-12(11-19-3)17(9-10-18-2)14(15)16-13-7-5-4-6-8-13/h12-13H,4-11H2,1-3H3,(H2,15,16). The Bertz CT molecular complexity index is 265. The molecule has 0 bridgehead atoms. The predicted molar refractivity (Wildman–Crippen MR) is 78.4 cm³/mol. The number of nitrogens with two attached hydrogens (primary N) is 1. The van der Waals surface area contributed by atoms with Crippen LogP contribution in [0.5, 0.6) is 0 Å². The molecule has 0 aromatic rings. The van der Waals surface area contributed by atoms with E-state index in [0.29, 0.717) is 25.2 Å². The van der Waals surface area contributed by atoms with Crippen molar-refractivity contribution in [3.05, 3.63) is 0 Å². The minimum Gasteiger partial charge on any atom is -0.383 e. The van der Waals surface area contributed by atoms with Gasteiger partial charge in [-0.05, 0) is 19.8 Å². The van der Waals surface area contributed by atoms with Crippen LogP contribution in [0.25, 0.3) is 0 Å². The van der Waals surface area contributed by atoms with Gasteiger partial charge in [-0.1, -0.05) is 19.3 Å². The summed E-state index contributed by atoms with van der Waals surface area (Å²) in [6.45, 7) is 4.14. The van der Waals surface area contributed by atoms with Crippen LogP contribution in [0.15, 0.2) is 4.99 Å². The average Bonchev–Trinajstić information content (AvgIpc) is 2.40. The minimum atomic E-state index is 0.215. The lowest BCUT2D eigenvalue weighted by Crippen LogP contribution is -2.47. The fourth-order valence-corrected chi connectivity index (χ4v) is 2.55. The number of nitrogens with zero attached hydrogens (tertiary/aromatic N) is 2. The second-order valence-electron chi connectivity index (χ2n) is 5.27. The first-order chi connectivity index (χ1) is 9.19. The lowest BCUT2D eigenvalue weighted by Gasteiger charge is -2.31. The van der Waals surface area contributed by atoms with Crippen LogP contribution in [0.3, 0.4) is 0 Å². The highest BCUT2D eigenvalue weighted by Gasteiger charge is 2.18. The average molecular weight is 271 g/mol. The molecule has 19 heavy (non-hydrogen) atoms. The molecule has 0 amide bonds. The summed E-state index contributed by atoms with van der Waals surface area (Å²) in [5.41, 5.74) is 6.19. The van der Waals surface area contributed by atoms with E-state index in [1.54, 1.807) is 14.2 Å². The van der Waals surface area contributed by atoms with Crippen molar-refractivity contribution in [1.29, 1.82) is 0 Å². The van der Waals surface area contributed by atoms with Gasteiger partial charge in [0.15, 0.2) is 5.96 Å². The van der Waals surface area contributed by atoms with Crippen LogP contribution in [-0.2, 0) is 9.47 Å². The van der Waals surface area contributed by atoms with Crippen molar-refractivity contribution < 1.29 is 9.47 Å². The summed E-state index contributed by atoms with van der Waals surface area (Å²) in [5.74, 6) is 0.633. The monoisotopic (exact) mass is 271 g/mol. The maximum absolute atomic E-state index is 6.19. The lowest BCUT2D eigenvalue weighted by molar-refractivity contribution is 0.112. The molecule has 0 spiro atoms. The normalized spacial score (nSPS) is 19.4. The van der Waals surface area contributed by atoms with Crippen LogP contribution in [-0.4, -0.2) is 56.9 Å². The molecule has 1 atom stereocenters. The molecule has 1 rings (SSSR count). The molecule has 5 heteroatoms. The fraction of sp³-hybridized carbons (Fsp3) is 0.929. The Kier molecular flexibility index (Phi) is 7.82. The van der Waals surface area contributed by atoms with Crippen LogP contribution < -0.4 is 5.73 Å². The molecule has 1 unspecified atom stereocenters. The van der Waals surface area contributed by atoms with E-state index in [9.17, 15) is 0 Å². The van der Waals surface area contributed by atoms with Crippen LogP contribution in [0.4, 0.5) is 0 Å². The van der Waals surface area contributed by atoms with Crippen LogP contribution in [0.1, 0.15) is 39.0 Å². The number of guanidine groups is 1. The van der Waals surface area contributed by atoms with Gasteiger partial charge in [-0.15, -0.1) is 0 Å². The highest BCUT2D eigenvalue weighted by molar-refractivity contribution is 5.78. The quantitative estimate of drug-likeness (QED) is 0.564. The molecule has 0 saturated heterocycles. The summed E-state index contributed by atoms with van der Waals surface area (Å²) >= 11 is 0. The van der Waals surface area contributed by atoms with Gasteiger partial charge in [-0.3, -0.25) is 0 Å². The van der Waals surface area contributed by atoms with Crippen molar-refractivity contribution in [2.24, 2.45) is 10.7 Å². The van der Waals surface area contributed by atoms with Crippen molar-refractivity contribution in [2.45, 2.75) is 51.1 Å². The van der Waals surface area contributed by atoms with E-state index in [1.807, 2.05) is 0 Å². The third-order valence-corrected chi connectivity index (χ3v) is 3.66. The maximum atomic E-state index is 6.19. The van der Waals surface area contributed by atoms with Gasteiger partial charge in [0.2, 0.25) is 0 Å². The first kappa shape index (κ1) is 16.2. The first-order valence-electron chi connectivity index (χ1n) is 7.26. The Hall–Kier alpha value is -0.810. The molecule has 2 N–H and O–H groups in total. The molecule has 1 fully saturated rings. The van der Waals surface area contributed by atoms with E-state index in [-0.39, 0.29) is 6.04 Å². The molecule has 1 aliphatic carbocycles. The van der Waals surface area contributed by atoms with E-state index in [2.05, 4.69) is 11.8 Å². The van der Waals surface area contributed by atoms with E-state index < -0.39 is 0 Å². The Morgan fingerprint density at radius 3 is 2.53 bits per heavy atom. The molecule has 0 aromatic carbocycles. The van der Waals surface area contributed by atoms with Crippen molar-refractivity contribution in [3.8, 4) is 0 Å². The number of aliphatic imine (C=N–C) groups is 1. The molecule has 0 radical (unpaired) electrons. The summed E-state index contributed by atoms with van der Waals surface area (Å²) in [4.78, 5) is 6.79. The van der Waals surface area contributed by atoms with Gasteiger partial charge in [-0.25, -0.2) is 4.99 Å². The van der Waals surface area contributed by atoms with Gasteiger partial charge in [0.1, 0.15) is 0 Å². The minimum absolute atomic E-state index is 0.215. The third kappa shape index (κ3) is 5.78. The van der Waals surface area contributed by atoms with Crippen LogP contribution in [0, 0.1) is 0 Å². The van der Waals surface area contributed by atoms with Crippen LogP contribution in [0.2, 0.25) is 0 Å². The van der Waals surface area contributed by atoms with Gasteiger partial charge in [0, 0.05) is 20.8 Å². The number of rotatable bonds is 7. The second kappa shape index (κ2) is 9.15. The molecule has 1 aliphatic rings. The first-order valence-corrected chi connectivity index (χ1v) is 7.26. The van der Waals surface area contributed by atoms with E-state index >= 15 is 0 Å². The zero-order valence-corrected chi connectivity index (χ0v) is 12.6. The van der Waals surface area contributed by atoms with Crippen molar-refractivity contribution in [1.82, 2.24) is 4.90 Å². The van der Waals surface area contributed by atoms with Gasteiger partial charge in [-0.2, -0.15) is 0 Å². The fourth-order valence-electron chi connectivity index (χ4n) is 2.55. The van der Waals surface area contributed by atoms with E-state index in [0.717, 1.165) is 19.4 Å². The van der Waals surface area contributed by atoms with Crippen molar-refractivity contribution >= 4 is 5.96 Å². The summed E-state index contributed by atoms with van der Waals surface area (Å²) in [7, 11) is 3.41. The van der Waals surface area contributed by atoms with Gasteiger partial charge in [0.05, 0.1) is 25.3 Å². The van der Waals surface area contributed by atoms with E-state index in [4.69, 9.17) is 20.2 Å². The van der Waals surface area contributed by atoms with Gasteiger partial charge >= 0.3 is 0 Å². The zero-order chi connectivity index (χ0) is 14.1. The molecule has 112 valence electrons. The molecule has 5 nitrogen and oxygen atoms in total. The Morgan fingerprint density at radius 1 is 1.26 bits per heavy atom. The number of ether oxygens (including phenoxy) is 2. The molecule has 1 saturated carbocycles. The molecule has 0 aliphatic heterocycles. The molecule has 0 heterocycles. The smallest absolute Gasteiger partial charge is 0.191 e. The Labute approximate surface area is 117 Å². The summed E-state index contributed by atoms with van der Waals surface area (Å²) < 4.78 is 10.4. The van der Waals surface area contributed by atoms with Crippen LogP contribution >= 0.6 is 0 Å². The van der Waals surface area contributed by atoms with E-state index in [1.165, 1.54) is 19.3 Å². The Balaban J connectivity index is 2.62. The topological polar surface area (TPSA) is 60.1 Å². The highest BCUT2D eigenvalue weighted by Crippen LogP contribution is 2.20. The molecule has 0 aromatic heterocycles. The SMILES string of the molecule is COCCN(C(N)=NC1CCCCC1)C(C)COC. The number of hydrogen-bond acceptors (Lipinski definition) is 3. The third-order valence-electron chi connectivity index (χ3n) is 3.66. The number of methoxy groups -OCH3 is 2. The molecular weight excluding hydrogens is 242 g/mol. The van der Waals surface area contributed by atoms with Gasteiger partial charge in [0.25, 0.3) is 0 Å². The number of hydrogen-bond donors (Lipinski definition) is 1. The molecular formula is C14H29N3O2. The summed E-state index contributed by atoms with van der Waals surface area (Å²) in [6, 6.07) is 0.612. The second-order valence-corrected chi connectivity index (χ2v) is 5.27. The zero-order valence-electron chi connectivity index (χ0n) is 12.6. The lowest BCUT2D eigenvalue weighted by atomic mass is 9.96.